The minimum Gasteiger partial charge on any atom is -0.384 e. The number of amides is 2. The van der Waals surface area contributed by atoms with E-state index in [1.54, 1.807) is 13.0 Å². The summed E-state index contributed by atoms with van der Waals surface area (Å²) in [6.45, 7) is 6.37. The molecule has 1 aromatic carbocycles. The third kappa shape index (κ3) is 3.29. The molecule has 0 fully saturated rings. The molecule has 1 unspecified atom stereocenters. The van der Waals surface area contributed by atoms with E-state index in [-0.39, 0.29) is 17.9 Å². The molecule has 0 aromatic heterocycles. The molecule has 1 atom stereocenters. The van der Waals surface area contributed by atoms with Gasteiger partial charge >= 0.3 is 0 Å². The van der Waals surface area contributed by atoms with Crippen LogP contribution < -0.4 is 16.0 Å². The van der Waals surface area contributed by atoms with Gasteiger partial charge in [0.05, 0.1) is 0 Å². The molecule has 1 aromatic rings. The first-order valence-corrected chi connectivity index (χ1v) is 6.95. The van der Waals surface area contributed by atoms with Crippen molar-refractivity contribution in [2.24, 2.45) is 0 Å². The van der Waals surface area contributed by atoms with Crippen LogP contribution in [0.5, 0.6) is 0 Å². The van der Waals surface area contributed by atoms with Gasteiger partial charge in [0.25, 0.3) is 5.91 Å². The Morgan fingerprint density at radius 1 is 1.20 bits per heavy atom. The first-order chi connectivity index (χ1) is 9.47. The Bertz CT molecular complexity index is 526. The molecular weight excluding hydrogens is 254 g/mol. The number of hydrogen-bond acceptors (Lipinski definition) is 3. The van der Waals surface area contributed by atoms with Crippen molar-refractivity contribution in [2.45, 2.75) is 39.3 Å². The fourth-order valence-corrected chi connectivity index (χ4v) is 2.19. The second-order valence-corrected chi connectivity index (χ2v) is 5.41. The molecule has 20 heavy (non-hydrogen) atoms. The van der Waals surface area contributed by atoms with Crippen molar-refractivity contribution in [1.29, 1.82) is 0 Å². The van der Waals surface area contributed by atoms with Crippen LogP contribution in [0.3, 0.4) is 0 Å². The normalized spacial score (nSPS) is 14.4. The van der Waals surface area contributed by atoms with Gasteiger partial charge < -0.3 is 16.0 Å². The molecule has 0 aliphatic carbocycles. The topological polar surface area (TPSA) is 70.2 Å². The quantitative estimate of drug-likeness (QED) is 0.775. The van der Waals surface area contributed by atoms with Crippen molar-refractivity contribution in [3.05, 3.63) is 29.3 Å². The van der Waals surface area contributed by atoms with Gasteiger partial charge in [-0.2, -0.15) is 0 Å². The predicted octanol–water partition coefficient (Wildman–Crippen LogP) is 1.30. The van der Waals surface area contributed by atoms with E-state index in [9.17, 15) is 9.59 Å². The van der Waals surface area contributed by atoms with Crippen LogP contribution in [0.4, 0.5) is 5.69 Å². The maximum Gasteiger partial charge on any atom is 0.251 e. The van der Waals surface area contributed by atoms with Crippen LogP contribution in [0.15, 0.2) is 18.2 Å². The van der Waals surface area contributed by atoms with Gasteiger partial charge in [0.1, 0.15) is 6.04 Å². The molecule has 5 heteroatoms. The van der Waals surface area contributed by atoms with E-state index in [1.165, 1.54) is 5.56 Å². The molecule has 0 bridgehead atoms. The smallest absolute Gasteiger partial charge is 0.251 e. The van der Waals surface area contributed by atoms with E-state index in [1.807, 2.05) is 26.0 Å². The number of anilines is 1. The summed E-state index contributed by atoms with van der Waals surface area (Å²) in [6, 6.07) is 5.11. The number of carbonyl (C=O) groups is 2. The average Bonchev–Trinajstić information content (AvgIpc) is 2.84. The highest BCUT2D eigenvalue weighted by Gasteiger charge is 2.18. The largest absolute Gasteiger partial charge is 0.384 e. The predicted molar refractivity (Wildman–Crippen MR) is 78.8 cm³/mol. The zero-order chi connectivity index (χ0) is 14.7. The number of rotatable bonds is 4. The van der Waals surface area contributed by atoms with Gasteiger partial charge in [-0.25, -0.2) is 0 Å². The summed E-state index contributed by atoms with van der Waals surface area (Å²) < 4.78 is 0. The molecule has 0 saturated heterocycles. The van der Waals surface area contributed by atoms with E-state index in [0.717, 1.165) is 18.7 Å². The van der Waals surface area contributed by atoms with Crippen molar-refractivity contribution in [2.75, 3.05) is 11.9 Å². The highest BCUT2D eigenvalue weighted by molar-refractivity contribution is 5.98. The van der Waals surface area contributed by atoms with Crippen molar-refractivity contribution >= 4 is 17.5 Å². The van der Waals surface area contributed by atoms with Gasteiger partial charge in [0, 0.05) is 23.8 Å². The maximum atomic E-state index is 12.1. The molecule has 0 radical (unpaired) electrons. The molecule has 5 nitrogen and oxygen atoms in total. The molecule has 3 N–H and O–H groups in total. The Kier molecular flexibility index (Phi) is 4.27. The summed E-state index contributed by atoms with van der Waals surface area (Å²) in [5.74, 6) is -0.402. The Hall–Kier alpha value is -2.04. The summed E-state index contributed by atoms with van der Waals surface area (Å²) in [4.78, 5) is 23.9. The average molecular weight is 275 g/mol. The zero-order valence-electron chi connectivity index (χ0n) is 12.1. The van der Waals surface area contributed by atoms with Crippen LogP contribution in [0.25, 0.3) is 0 Å². The Morgan fingerprint density at radius 3 is 2.65 bits per heavy atom. The first-order valence-electron chi connectivity index (χ1n) is 6.95. The molecule has 108 valence electrons. The standard InChI is InChI=1S/C15H21N3O2/c1-9(2)17-14(19)10(3)18-15(20)12-5-4-11-6-7-16-13(11)8-12/h4-5,8-10,16H,6-7H2,1-3H3,(H,17,19)(H,18,20). The molecule has 2 amide bonds. The van der Waals surface area contributed by atoms with Crippen molar-refractivity contribution in [3.63, 3.8) is 0 Å². The summed E-state index contributed by atoms with van der Waals surface area (Å²) in [6.07, 6.45) is 0.991. The molecular formula is C15H21N3O2. The van der Waals surface area contributed by atoms with E-state index in [0.29, 0.717) is 5.56 Å². The van der Waals surface area contributed by atoms with Crippen molar-refractivity contribution in [1.82, 2.24) is 10.6 Å². The van der Waals surface area contributed by atoms with Crippen LogP contribution in [0, 0.1) is 0 Å². The summed E-state index contributed by atoms with van der Waals surface area (Å²) >= 11 is 0. The van der Waals surface area contributed by atoms with E-state index >= 15 is 0 Å². The molecule has 1 aliphatic heterocycles. The van der Waals surface area contributed by atoms with Crippen LogP contribution in [0.2, 0.25) is 0 Å². The number of nitrogens with one attached hydrogen (secondary N) is 3. The van der Waals surface area contributed by atoms with Crippen LogP contribution >= 0.6 is 0 Å². The first kappa shape index (κ1) is 14.4. The monoisotopic (exact) mass is 275 g/mol. The molecule has 0 spiro atoms. The fraction of sp³-hybridized carbons (Fsp3) is 0.467. The van der Waals surface area contributed by atoms with Crippen LogP contribution in [0.1, 0.15) is 36.7 Å². The third-order valence-corrected chi connectivity index (χ3v) is 3.25. The second kappa shape index (κ2) is 5.94. The van der Waals surface area contributed by atoms with E-state index in [2.05, 4.69) is 16.0 Å². The van der Waals surface area contributed by atoms with E-state index < -0.39 is 6.04 Å². The molecule has 2 rings (SSSR count). The number of benzene rings is 1. The van der Waals surface area contributed by atoms with E-state index in [4.69, 9.17) is 0 Å². The fourth-order valence-electron chi connectivity index (χ4n) is 2.19. The third-order valence-electron chi connectivity index (χ3n) is 3.25. The number of carbonyl (C=O) groups excluding carboxylic acids is 2. The summed E-state index contributed by atoms with van der Waals surface area (Å²) in [5, 5.41) is 8.73. The highest BCUT2D eigenvalue weighted by atomic mass is 16.2. The van der Waals surface area contributed by atoms with Gasteiger partial charge in [0.2, 0.25) is 5.91 Å². The van der Waals surface area contributed by atoms with Crippen molar-refractivity contribution in [3.8, 4) is 0 Å². The van der Waals surface area contributed by atoms with Crippen molar-refractivity contribution < 1.29 is 9.59 Å². The van der Waals surface area contributed by atoms with Crippen LogP contribution in [-0.2, 0) is 11.2 Å². The summed E-state index contributed by atoms with van der Waals surface area (Å²) in [7, 11) is 0. The second-order valence-electron chi connectivity index (χ2n) is 5.41. The van der Waals surface area contributed by atoms with Gasteiger partial charge in [-0.05, 0) is 44.9 Å². The lowest BCUT2D eigenvalue weighted by Gasteiger charge is -2.16. The Balaban J connectivity index is 1.99. The van der Waals surface area contributed by atoms with Gasteiger partial charge in [-0.1, -0.05) is 6.07 Å². The maximum absolute atomic E-state index is 12.1. The number of hydrogen-bond donors (Lipinski definition) is 3. The zero-order valence-corrected chi connectivity index (χ0v) is 12.1. The van der Waals surface area contributed by atoms with Crippen LogP contribution in [-0.4, -0.2) is 30.4 Å². The lowest BCUT2D eigenvalue weighted by Crippen LogP contribution is -2.46. The minimum absolute atomic E-state index is 0.0612. The Morgan fingerprint density at radius 2 is 1.95 bits per heavy atom. The molecule has 0 saturated carbocycles. The Labute approximate surface area is 119 Å². The lowest BCUT2D eigenvalue weighted by atomic mass is 10.1. The number of fused-ring (bicyclic) bond motifs is 1. The van der Waals surface area contributed by atoms with Gasteiger partial charge in [-0.3, -0.25) is 9.59 Å². The summed E-state index contributed by atoms with van der Waals surface area (Å²) in [5.41, 5.74) is 2.81. The highest BCUT2D eigenvalue weighted by Crippen LogP contribution is 2.23. The lowest BCUT2D eigenvalue weighted by molar-refractivity contribution is -0.123. The van der Waals surface area contributed by atoms with Gasteiger partial charge in [0.15, 0.2) is 0 Å². The SMILES string of the molecule is CC(C)NC(=O)C(C)NC(=O)c1ccc2c(c1)NCC2. The minimum atomic E-state index is -0.550. The molecule has 1 heterocycles. The van der Waals surface area contributed by atoms with Gasteiger partial charge in [-0.15, -0.1) is 0 Å². The molecule has 1 aliphatic rings.